The van der Waals surface area contributed by atoms with Crippen LogP contribution in [0.25, 0.3) is 0 Å². The SMILES string of the molecule is C[C@]1(F)[C@H](N/C=C\C(N)=O)O[C@H](CI)[C@H]1O. The number of carbonyl (C=O) groups is 1. The van der Waals surface area contributed by atoms with Crippen molar-refractivity contribution < 1.29 is 19.0 Å². The number of hydrogen-bond donors (Lipinski definition) is 3. The van der Waals surface area contributed by atoms with E-state index >= 15 is 0 Å². The van der Waals surface area contributed by atoms with Gasteiger partial charge in [-0.05, 0) is 6.92 Å². The first-order valence-corrected chi connectivity index (χ1v) is 6.22. The van der Waals surface area contributed by atoms with Crippen LogP contribution >= 0.6 is 22.6 Å². The Kier molecular flexibility index (Phi) is 4.51. The van der Waals surface area contributed by atoms with Gasteiger partial charge < -0.3 is 20.9 Å². The second-order valence-corrected chi connectivity index (χ2v) is 4.59. The van der Waals surface area contributed by atoms with Crippen LogP contribution in [0.2, 0.25) is 0 Å². The van der Waals surface area contributed by atoms with E-state index in [1.54, 1.807) is 0 Å². The summed E-state index contributed by atoms with van der Waals surface area (Å²) in [6.45, 7) is 1.25. The lowest BCUT2D eigenvalue weighted by molar-refractivity contribution is -0.113. The topological polar surface area (TPSA) is 84.6 Å². The summed E-state index contributed by atoms with van der Waals surface area (Å²) in [5, 5.41) is 12.2. The van der Waals surface area contributed by atoms with Crippen LogP contribution in [0.4, 0.5) is 4.39 Å². The number of alkyl halides is 2. The van der Waals surface area contributed by atoms with E-state index < -0.39 is 30.0 Å². The third-order valence-electron chi connectivity index (χ3n) is 2.40. The fraction of sp³-hybridized carbons (Fsp3) is 0.667. The molecule has 0 radical (unpaired) electrons. The highest BCUT2D eigenvalue weighted by Gasteiger charge is 2.53. The Morgan fingerprint density at radius 3 is 2.88 bits per heavy atom. The zero-order valence-electron chi connectivity index (χ0n) is 8.69. The van der Waals surface area contributed by atoms with Crippen molar-refractivity contribution in [3.05, 3.63) is 12.3 Å². The maximum Gasteiger partial charge on any atom is 0.242 e. The van der Waals surface area contributed by atoms with Crippen LogP contribution in [0.3, 0.4) is 0 Å². The van der Waals surface area contributed by atoms with Crippen molar-refractivity contribution in [1.82, 2.24) is 5.32 Å². The fourth-order valence-corrected chi connectivity index (χ4v) is 2.13. The van der Waals surface area contributed by atoms with E-state index in [1.165, 1.54) is 13.1 Å². The first-order chi connectivity index (χ1) is 7.39. The number of halogens is 2. The van der Waals surface area contributed by atoms with Crippen LogP contribution in [0.15, 0.2) is 12.3 Å². The summed E-state index contributed by atoms with van der Waals surface area (Å²) < 4.78 is 19.8. The number of aliphatic hydroxyl groups excluding tert-OH is 1. The Morgan fingerprint density at radius 2 is 2.44 bits per heavy atom. The second kappa shape index (κ2) is 5.28. The quantitative estimate of drug-likeness (QED) is 0.375. The average Bonchev–Trinajstić information content (AvgIpc) is 2.41. The Balaban J connectivity index is 2.64. The number of nitrogens with one attached hydrogen (secondary N) is 1. The maximum absolute atomic E-state index is 14.0. The van der Waals surface area contributed by atoms with E-state index in [1.807, 2.05) is 22.6 Å². The largest absolute Gasteiger partial charge is 0.387 e. The minimum Gasteiger partial charge on any atom is -0.387 e. The molecule has 0 aromatic carbocycles. The highest BCUT2D eigenvalue weighted by atomic mass is 127. The molecule has 0 saturated carbocycles. The molecule has 1 aliphatic rings. The van der Waals surface area contributed by atoms with Crippen molar-refractivity contribution in [3.63, 3.8) is 0 Å². The predicted molar refractivity (Wildman–Crippen MR) is 64.5 cm³/mol. The van der Waals surface area contributed by atoms with Crippen molar-refractivity contribution in [2.24, 2.45) is 5.73 Å². The molecule has 1 aliphatic heterocycles. The summed E-state index contributed by atoms with van der Waals surface area (Å²) in [6, 6.07) is 0. The zero-order chi connectivity index (χ0) is 12.3. The highest BCUT2D eigenvalue weighted by Crippen LogP contribution is 2.33. The fourth-order valence-electron chi connectivity index (χ4n) is 1.44. The minimum absolute atomic E-state index is 0.482. The molecule has 16 heavy (non-hydrogen) atoms. The molecule has 4 atom stereocenters. The average molecular weight is 344 g/mol. The third-order valence-corrected chi connectivity index (χ3v) is 3.27. The smallest absolute Gasteiger partial charge is 0.242 e. The molecule has 1 heterocycles. The summed E-state index contributed by atoms with van der Waals surface area (Å²) in [7, 11) is 0. The van der Waals surface area contributed by atoms with Gasteiger partial charge in [-0.3, -0.25) is 4.79 Å². The molecule has 0 aromatic rings. The van der Waals surface area contributed by atoms with Gasteiger partial charge >= 0.3 is 0 Å². The van der Waals surface area contributed by atoms with Crippen molar-refractivity contribution in [3.8, 4) is 0 Å². The summed E-state index contributed by atoms with van der Waals surface area (Å²) in [5.74, 6) is -0.642. The van der Waals surface area contributed by atoms with E-state index in [-0.39, 0.29) is 0 Å². The molecule has 5 nitrogen and oxygen atoms in total. The van der Waals surface area contributed by atoms with Crippen LogP contribution in [-0.4, -0.2) is 39.5 Å². The Hall–Kier alpha value is -0.410. The van der Waals surface area contributed by atoms with Gasteiger partial charge in [-0.15, -0.1) is 0 Å². The first kappa shape index (κ1) is 13.7. The van der Waals surface area contributed by atoms with Gasteiger partial charge in [0.2, 0.25) is 5.91 Å². The van der Waals surface area contributed by atoms with Gasteiger partial charge in [0.15, 0.2) is 11.9 Å². The number of hydrogen-bond acceptors (Lipinski definition) is 4. The number of carbonyl (C=O) groups excluding carboxylic acids is 1. The summed E-state index contributed by atoms with van der Waals surface area (Å²) in [6.07, 6.45) is -0.465. The molecule has 1 rings (SSSR count). The Morgan fingerprint density at radius 1 is 1.81 bits per heavy atom. The molecule has 0 bridgehead atoms. The molecule has 0 unspecified atom stereocenters. The van der Waals surface area contributed by atoms with E-state index in [2.05, 4.69) is 5.32 Å². The number of nitrogens with two attached hydrogens (primary N) is 1. The van der Waals surface area contributed by atoms with Crippen LogP contribution in [0, 0.1) is 0 Å². The van der Waals surface area contributed by atoms with Gasteiger partial charge in [0, 0.05) is 16.7 Å². The number of ether oxygens (including phenoxy) is 1. The van der Waals surface area contributed by atoms with Crippen LogP contribution in [0.1, 0.15) is 6.92 Å². The first-order valence-electron chi connectivity index (χ1n) is 4.70. The van der Waals surface area contributed by atoms with Gasteiger partial charge in [-0.1, -0.05) is 22.6 Å². The standard InChI is InChI=1S/C9H14FIN2O3/c1-9(10)7(15)5(4-11)16-8(9)13-3-2-6(12)14/h2-3,5,7-8,13,15H,4H2,1H3,(H2,12,14)/b3-2-/t5-,7-,8-,9-/m1/s1. The van der Waals surface area contributed by atoms with Gasteiger partial charge in [0.25, 0.3) is 0 Å². The third kappa shape index (κ3) is 2.83. The summed E-state index contributed by atoms with van der Waals surface area (Å²) in [4.78, 5) is 10.4. The lowest BCUT2D eigenvalue weighted by atomic mass is 9.99. The highest BCUT2D eigenvalue weighted by molar-refractivity contribution is 14.1. The monoisotopic (exact) mass is 344 g/mol. The Bertz CT molecular complexity index is 298. The normalized spacial score (nSPS) is 39.1. The van der Waals surface area contributed by atoms with Crippen molar-refractivity contribution in [1.29, 1.82) is 0 Å². The van der Waals surface area contributed by atoms with Crippen LogP contribution in [0.5, 0.6) is 0 Å². The molecule has 7 heteroatoms. The molecule has 1 fully saturated rings. The maximum atomic E-state index is 14.0. The zero-order valence-corrected chi connectivity index (χ0v) is 10.8. The lowest BCUT2D eigenvalue weighted by Gasteiger charge is -2.23. The van der Waals surface area contributed by atoms with Gasteiger partial charge in [0.05, 0.1) is 6.10 Å². The van der Waals surface area contributed by atoms with E-state index in [0.29, 0.717) is 4.43 Å². The van der Waals surface area contributed by atoms with E-state index in [0.717, 1.165) is 6.08 Å². The minimum atomic E-state index is -1.90. The molecule has 1 saturated heterocycles. The number of primary amides is 1. The van der Waals surface area contributed by atoms with Crippen molar-refractivity contribution >= 4 is 28.5 Å². The Labute approximate surface area is 106 Å². The predicted octanol–water partition coefficient (Wildman–Crippen LogP) is -0.176. The molecule has 0 aliphatic carbocycles. The molecule has 0 aromatic heterocycles. The summed E-state index contributed by atoms with van der Waals surface area (Å²) in [5.41, 5.74) is 2.97. The molecule has 92 valence electrons. The van der Waals surface area contributed by atoms with Gasteiger partial charge in [-0.2, -0.15) is 0 Å². The summed E-state index contributed by atoms with van der Waals surface area (Å²) >= 11 is 2.01. The van der Waals surface area contributed by atoms with Gasteiger partial charge in [0.1, 0.15) is 6.10 Å². The molecular formula is C9H14FIN2O3. The van der Waals surface area contributed by atoms with E-state index in [9.17, 15) is 14.3 Å². The number of amides is 1. The molecular weight excluding hydrogens is 330 g/mol. The van der Waals surface area contributed by atoms with Crippen molar-refractivity contribution in [2.75, 3.05) is 4.43 Å². The number of rotatable bonds is 4. The molecule has 0 spiro atoms. The lowest BCUT2D eigenvalue weighted by Crippen LogP contribution is -2.46. The van der Waals surface area contributed by atoms with Gasteiger partial charge in [-0.25, -0.2) is 4.39 Å². The second-order valence-electron chi connectivity index (χ2n) is 3.71. The van der Waals surface area contributed by atoms with Crippen LogP contribution in [-0.2, 0) is 9.53 Å². The van der Waals surface area contributed by atoms with Crippen LogP contribution < -0.4 is 11.1 Å². The van der Waals surface area contributed by atoms with E-state index in [4.69, 9.17) is 10.5 Å². The molecule has 1 amide bonds. The van der Waals surface area contributed by atoms with Crippen molar-refractivity contribution in [2.45, 2.75) is 31.0 Å². The number of aliphatic hydroxyl groups is 1. The molecule has 4 N–H and O–H groups in total.